The number of carbonyl (C=O) groups is 1. The van der Waals surface area contributed by atoms with Crippen molar-refractivity contribution >= 4 is 5.97 Å². The molecule has 0 amide bonds. The Labute approximate surface area is 66.9 Å². The Kier molecular flexibility index (Phi) is 4.05. The van der Waals surface area contributed by atoms with Crippen LogP contribution in [0.15, 0.2) is 12.2 Å². The highest BCUT2D eigenvalue weighted by atomic mass is 16.4. The van der Waals surface area contributed by atoms with Gasteiger partial charge in [0.05, 0.1) is 5.92 Å². The molecular formula is C9H12O2. The number of hydrogen-bond donors (Lipinski definition) is 1. The van der Waals surface area contributed by atoms with Gasteiger partial charge in [0.15, 0.2) is 0 Å². The van der Waals surface area contributed by atoms with Gasteiger partial charge in [0.25, 0.3) is 0 Å². The molecular weight excluding hydrogens is 140 g/mol. The minimum absolute atomic E-state index is 0.238. The Bertz CT molecular complexity index is 198. The van der Waals surface area contributed by atoms with Gasteiger partial charge in [0.2, 0.25) is 0 Å². The second-order valence-electron chi connectivity index (χ2n) is 2.31. The van der Waals surface area contributed by atoms with E-state index in [1.54, 1.807) is 0 Å². The molecule has 0 aliphatic rings. The standard InChI is InChI=1S/C9H12O2/c1-4-6-8(9(10)11)7(3)5-2/h1,8H,3,5-6H2,2H3,(H,10,11). The third-order valence-corrected chi connectivity index (χ3v) is 1.57. The van der Waals surface area contributed by atoms with E-state index in [2.05, 4.69) is 12.5 Å². The maximum Gasteiger partial charge on any atom is 0.311 e. The molecule has 2 nitrogen and oxygen atoms in total. The van der Waals surface area contributed by atoms with E-state index in [1.165, 1.54) is 0 Å². The molecule has 1 atom stereocenters. The molecule has 0 rings (SSSR count). The first-order chi connectivity index (χ1) is 5.13. The molecule has 0 aromatic rings. The lowest BCUT2D eigenvalue weighted by Crippen LogP contribution is -2.14. The van der Waals surface area contributed by atoms with Crippen LogP contribution in [0.2, 0.25) is 0 Å². The van der Waals surface area contributed by atoms with Gasteiger partial charge in [-0.05, 0) is 6.42 Å². The Morgan fingerprint density at radius 3 is 2.64 bits per heavy atom. The predicted molar refractivity (Wildman–Crippen MR) is 44.0 cm³/mol. The fourth-order valence-electron chi connectivity index (χ4n) is 0.771. The van der Waals surface area contributed by atoms with Crippen LogP contribution in [0.5, 0.6) is 0 Å². The van der Waals surface area contributed by atoms with E-state index < -0.39 is 11.9 Å². The summed E-state index contributed by atoms with van der Waals surface area (Å²) in [4.78, 5) is 10.5. The predicted octanol–water partition coefficient (Wildman–Crippen LogP) is 1.68. The van der Waals surface area contributed by atoms with Crippen LogP contribution in [0.25, 0.3) is 0 Å². The summed E-state index contributed by atoms with van der Waals surface area (Å²) in [5, 5.41) is 8.65. The van der Waals surface area contributed by atoms with Crippen molar-refractivity contribution < 1.29 is 9.90 Å². The number of terminal acetylenes is 1. The number of carboxylic acid groups (broad SMARTS) is 1. The van der Waals surface area contributed by atoms with Gasteiger partial charge in [-0.2, -0.15) is 0 Å². The summed E-state index contributed by atoms with van der Waals surface area (Å²) in [6.07, 6.45) is 5.91. The number of carboxylic acids is 1. The van der Waals surface area contributed by atoms with Crippen LogP contribution in [-0.2, 0) is 4.79 Å². The maximum atomic E-state index is 10.5. The first-order valence-corrected chi connectivity index (χ1v) is 3.47. The molecule has 0 saturated heterocycles. The molecule has 0 aliphatic carbocycles. The zero-order chi connectivity index (χ0) is 8.85. The molecule has 0 heterocycles. The smallest absolute Gasteiger partial charge is 0.311 e. The maximum absolute atomic E-state index is 10.5. The van der Waals surface area contributed by atoms with Crippen molar-refractivity contribution in [3.8, 4) is 12.3 Å². The van der Waals surface area contributed by atoms with E-state index >= 15 is 0 Å². The Morgan fingerprint density at radius 2 is 2.36 bits per heavy atom. The summed E-state index contributed by atoms with van der Waals surface area (Å²) in [5.74, 6) is 0.878. The molecule has 0 aromatic carbocycles. The second kappa shape index (κ2) is 4.56. The van der Waals surface area contributed by atoms with Crippen molar-refractivity contribution in [2.75, 3.05) is 0 Å². The van der Waals surface area contributed by atoms with Crippen molar-refractivity contribution in [1.29, 1.82) is 0 Å². The summed E-state index contributed by atoms with van der Waals surface area (Å²) >= 11 is 0. The average Bonchev–Trinajstić information content (AvgIpc) is 1.98. The quantitative estimate of drug-likeness (QED) is 0.491. The monoisotopic (exact) mass is 152 g/mol. The van der Waals surface area contributed by atoms with E-state index in [1.807, 2.05) is 6.92 Å². The largest absolute Gasteiger partial charge is 0.481 e. The summed E-state index contributed by atoms with van der Waals surface area (Å²) in [5.41, 5.74) is 0.690. The lowest BCUT2D eigenvalue weighted by atomic mass is 9.96. The number of hydrogen-bond acceptors (Lipinski definition) is 1. The van der Waals surface area contributed by atoms with E-state index in [-0.39, 0.29) is 6.42 Å². The van der Waals surface area contributed by atoms with E-state index in [4.69, 9.17) is 11.5 Å². The van der Waals surface area contributed by atoms with E-state index in [0.717, 1.165) is 0 Å². The minimum atomic E-state index is -0.880. The van der Waals surface area contributed by atoms with Gasteiger partial charge in [-0.3, -0.25) is 4.79 Å². The highest BCUT2D eigenvalue weighted by Crippen LogP contribution is 2.15. The lowest BCUT2D eigenvalue weighted by Gasteiger charge is -2.09. The SMILES string of the molecule is C#CCC(C(=C)CC)C(=O)O. The van der Waals surface area contributed by atoms with Gasteiger partial charge in [-0.1, -0.05) is 19.1 Å². The minimum Gasteiger partial charge on any atom is -0.481 e. The molecule has 0 radical (unpaired) electrons. The Morgan fingerprint density at radius 1 is 1.82 bits per heavy atom. The van der Waals surface area contributed by atoms with Crippen LogP contribution in [-0.4, -0.2) is 11.1 Å². The van der Waals surface area contributed by atoms with Gasteiger partial charge < -0.3 is 5.11 Å². The molecule has 11 heavy (non-hydrogen) atoms. The molecule has 0 aliphatic heterocycles. The Balaban J connectivity index is 4.24. The van der Waals surface area contributed by atoms with E-state index in [9.17, 15) is 4.79 Å². The molecule has 0 spiro atoms. The zero-order valence-electron chi connectivity index (χ0n) is 6.63. The van der Waals surface area contributed by atoms with Gasteiger partial charge >= 0.3 is 5.97 Å². The highest BCUT2D eigenvalue weighted by molar-refractivity contribution is 5.73. The van der Waals surface area contributed by atoms with Crippen molar-refractivity contribution in [3.63, 3.8) is 0 Å². The Hall–Kier alpha value is -1.23. The number of aliphatic carboxylic acids is 1. The fourth-order valence-corrected chi connectivity index (χ4v) is 0.771. The first kappa shape index (κ1) is 9.77. The molecule has 1 unspecified atom stereocenters. The van der Waals surface area contributed by atoms with E-state index in [0.29, 0.717) is 12.0 Å². The van der Waals surface area contributed by atoms with Gasteiger partial charge in [-0.15, -0.1) is 12.3 Å². The van der Waals surface area contributed by atoms with Crippen LogP contribution in [0.4, 0.5) is 0 Å². The second-order valence-corrected chi connectivity index (χ2v) is 2.31. The summed E-state index contributed by atoms with van der Waals surface area (Å²) in [7, 11) is 0. The van der Waals surface area contributed by atoms with Crippen molar-refractivity contribution in [3.05, 3.63) is 12.2 Å². The summed E-state index contributed by atoms with van der Waals surface area (Å²) in [6.45, 7) is 5.51. The molecule has 0 bridgehead atoms. The molecule has 2 heteroatoms. The van der Waals surface area contributed by atoms with Crippen LogP contribution < -0.4 is 0 Å². The zero-order valence-corrected chi connectivity index (χ0v) is 6.63. The van der Waals surface area contributed by atoms with Gasteiger partial charge in [0.1, 0.15) is 0 Å². The first-order valence-electron chi connectivity index (χ1n) is 3.47. The average molecular weight is 152 g/mol. The highest BCUT2D eigenvalue weighted by Gasteiger charge is 2.17. The molecule has 0 fully saturated rings. The summed E-state index contributed by atoms with van der Waals surface area (Å²) in [6, 6.07) is 0. The van der Waals surface area contributed by atoms with Crippen molar-refractivity contribution in [2.45, 2.75) is 19.8 Å². The molecule has 0 saturated carbocycles. The third-order valence-electron chi connectivity index (χ3n) is 1.57. The molecule has 60 valence electrons. The van der Waals surface area contributed by atoms with Crippen LogP contribution in [0.1, 0.15) is 19.8 Å². The van der Waals surface area contributed by atoms with Crippen LogP contribution >= 0.6 is 0 Å². The van der Waals surface area contributed by atoms with Gasteiger partial charge in [-0.25, -0.2) is 0 Å². The van der Waals surface area contributed by atoms with Crippen LogP contribution in [0, 0.1) is 18.3 Å². The third kappa shape index (κ3) is 2.90. The lowest BCUT2D eigenvalue weighted by molar-refractivity contribution is -0.140. The van der Waals surface area contributed by atoms with Gasteiger partial charge in [0, 0.05) is 6.42 Å². The van der Waals surface area contributed by atoms with Crippen molar-refractivity contribution in [2.24, 2.45) is 5.92 Å². The number of rotatable bonds is 4. The fraction of sp³-hybridized carbons (Fsp3) is 0.444. The normalized spacial score (nSPS) is 11.6. The molecule has 1 N–H and O–H groups in total. The van der Waals surface area contributed by atoms with Crippen LogP contribution in [0.3, 0.4) is 0 Å². The molecule has 0 aromatic heterocycles. The topological polar surface area (TPSA) is 37.3 Å². The summed E-state index contributed by atoms with van der Waals surface area (Å²) < 4.78 is 0. The van der Waals surface area contributed by atoms with Crippen molar-refractivity contribution in [1.82, 2.24) is 0 Å².